The predicted octanol–water partition coefficient (Wildman–Crippen LogP) is 4.09. The number of nitrogens with one attached hydrogen (secondary N) is 1. The number of benzene rings is 1. The molecule has 0 saturated carbocycles. The van der Waals surface area contributed by atoms with Crippen LogP contribution in [0.15, 0.2) is 41.3 Å². The molecule has 1 aliphatic rings. The number of unbranched alkanes of at least 4 members (excludes halogenated alkanes) is 1. The highest BCUT2D eigenvalue weighted by molar-refractivity contribution is 7.97. The highest BCUT2D eigenvalue weighted by Gasteiger charge is 2.19. The number of hydrogen-bond donors (Lipinski definition) is 1. The summed E-state index contributed by atoms with van der Waals surface area (Å²) in [7, 11) is 0. The maximum atomic E-state index is 13.5. The van der Waals surface area contributed by atoms with Crippen molar-refractivity contribution in [3.8, 4) is 0 Å². The molecule has 0 radical (unpaired) electrons. The molecule has 3 rings (SSSR count). The zero-order valence-electron chi connectivity index (χ0n) is 14.9. The van der Waals surface area contributed by atoms with Gasteiger partial charge >= 0.3 is 0 Å². The average Bonchev–Trinajstić information content (AvgIpc) is 2.66. The molecule has 1 aromatic carbocycles. The van der Waals surface area contributed by atoms with Gasteiger partial charge in [-0.25, -0.2) is 13.7 Å². The molecule has 5 nitrogen and oxygen atoms in total. The molecule has 1 aliphatic heterocycles. The molecule has 0 aliphatic carbocycles. The van der Waals surface area contributed by atoms with Crippen LogP contribution < -0.4 is 10.2 Å². The minimum atomic E-state index is -0.360. The van der Waals surface area contributed by atoms with Crippen LogP contribution in [-0.2, 0) is 4.79 Å². The van der Waals surface area contributed by atoms with E-state index in [1.807, 2.05) is 0 Å². The lowest BCUT2D eigenvalue weighted by atomic mass is 10.3. The molecule has 0 amide bonds. The fourth-order valence-corrected chi connectivity index (χ4v) is 3.92. The van der Waals surface area contributed by atoms with Crippen LogP contribution in [0.2, 0.25) is 5.15 Å². The lowest BCUT2D eigenvalue weighted by molar-refractivity contribution is -0.107. The third-order valence-corrected chi connectivity index (χ3v) is 5.52. The van der Waals surface area contributed by atoms with E-state index >= 15 is 0 Å². The zero-order valence-corrected chi connectivity index (χ0v) is 16.5. The largest absolute Gasteiger partial charge is 0.385 e. The Labute approximate surface area is 168 Å². The summed E-state index contributed by atoms with van der Waals surface area (Å²) in [6.07, 6.45) is 2.38. The summed E-state index contributed by atoms with van der Waals surface area (Å²) in [6.45, 7) is 4.05. The van der Waals surface area contributed by atoms with Crippen molar-refractivity contribution in [1.82, 2.24) is 9.29 Å². The van der Waals surface area contributed by atoms with Crippen LogP contribution in [-0.4, -0.2) is 48.3 Å². The van der Waals surface area contributed by atoms with Crippen molar-refractivity contribution in [2.45, 2.75) is 17.7 Å². The second-order valence-electron chi connectivity index (χ2n) is 6.23. The van der Waals surface area contributed by atoms with E-state index in [2.05, 4.69) is 43.8 Å². The highest BCUT2D eigenvalue weighted by atomic mass is 35.5. The monoisotopic (exact) mass is 408 g/mol. The van der Waals surface area contributed by atoms with Gasteiger partial charge in [-0.05, 0) is 42.6 Å². The maximum Gasteiger partial charge on any atom is 0.134 e. The van der Waals surface area contributed by atoms with E-state index in [9.17, 15) is 9.18 Å². The minimum Gasteiger partial charge on any atom is -0.385 e. The first-order valence-corrected chi connectivity index (χ1v) is 10.1. The van der Waals surface area contributed by atoms with Crippen molar-refractivity contribution in [1.29, 1.82) is 0 Å². The molecule has 27 heavy (non-hydrogen) atoms. The van der Waals surface area contributed by atoms with Crippen molar-refractivity contribution in [2.24, 2.45) is 0 Å². The zero-order chi connectivity index (χ0) is 19.1. The van der Waals surface area contributed by atoms with E-state index in [0.29, 0.717) is 12.2 Å². The van der Waals surface area contributed by atoms with E-state index < -0.39 is 0 Å². The van der Waals surface area contributed by atoms with Crippen LogP contribution in [0.5, 0.6) is 0 Å². The van der Waals surface area contributed by atoms with Gasteiger partial charge < -0.3 is 15.0 Å². The summed E-state index contributed by atoms with van der Waals surface area (Å²) in [5, 5.41) is 3.49. The number of rotatable bonds is 8. The summed E-state index contributed by atoms with van der Waals surface area (Å²) < 4.78 is 15.8. The van der Waals surface area contributed by atoms with Gasteiger partial charge in [0.15, 0.2) is 0 Å². The molecular formula is C19H22ClFN4OS. The topological polar surface area (TPSA) is 48.5 Å². The van der Waals surface area contributed by atoms with Gasteiger partial charge in [0.05, 0.1) is 0 Å². The summed E-state index contributed by atoms with van der Waals surface area (Å²) in [4.78, 5) is 17.8. The summed E-state index contributed by atoms with van der Waals surface area (Å²) in [6, 6.07) is 10.9. The molecular weight excluding hydrogens is 387 g/mol. The fourth-order valence-electron chi connectivity index (χ4n) is 2.82. The van der Waals surface area contributed by atoms with Crippen LogP contribution >= 0.6 is 23.5 Å². The normalized spacial score (nSPS) is 15.0. The molecule has 0 bridgehead atoms. The minimum absolute atomic E-state index is 0.182. The van der Waals surface area contributed by atoms with Crippen LogP contribution in [0, 0.1) is 5.82 Å². The molecule has 1 fully saturated rings. The number of pyridine rings is 1. The Bertz CT molecular complexity index is 734. The van der Waals surface area contributed by atoms with Gasteiger partial charge in [0, 0.05) is 61.9 Å². The van der Waals surface area contributed by atoms with Crippen LogP contribution in [0.1, 0.15) is 12.8 Å². The number of halogens is 2. The molecule has 2 heterocycles. The number of carbonyl (C=O) groups excluding carboxylic acids is 1. The van der Waals surface area contributed by atoms with Crippen molar-refractivity contribution >= 4 is 41.3 Å². The molecule has 0 spiro atoms. The Kier molecular flexibility index (Phi) is 7.32. The lowest BCUT2D eigenvalue weighted by Gasteiger charge is -2.34. The number of aromatic nitrogens is 1. The van der Waals surface area contributed by atoms with Crippen molar-refractivity contribution in [3.63, 3.8) is 0 Å². The maximum absolute atomic E-state index is 13.5. The second-order valence-corrected chi connectivity index (χ2v) is 7.79. The van der Waals surface area contributed by atoms with Crippen molar-refractivity contribution in [3.05, 3.63) is 47.4 Å². The van der Waals surface area contributed by atoms with Gasteiger partial charge in [-0.2, -0.15) is 0 Å². The van der Waals surface area contributed by atoms with Gasteiger partial charge in [-0.3, -0.25) is 0 Å². The number of aldehydes is 1. The Morgan fingerprint density at radius 1 is 1.19 bits per heavy atom. The van der Waals surface area contributed by atoms with E-state index in [0.717, 1.165) is 51.1 Å². The number of nitrogens with zero attached hydrogens (tertiary/aromatic N) is 3. The Morgan fingerprint density at radius 3 is 2.59 bits per heavy atom. The second kappa shape index (κ2) is 9.92. The molecule has 1 aromatic heterocycles. The van der Waals surface area contributed by atoms with Gasteiger partial charge in [0.2, 0.25) is 0 Å². The average molecular weight is 409 g/mol. The Morgan fingerprint density at radius 2 is 1.93 bits per heavy atom. The van der Waals surface area contributed by atoms with Crippen molar-refractivity contribution in [2.75, 3.05) is 42.9 Å². The summed E-state index contributed by atoms with van der Waals surface area (Å²) >= 11 is 7.57. The van der Waals surface area contributed by atoms with Crippen LogP contribution in [0.25, 0.3) is 0 Å². The third kappa shape index (κ3) is 6.09. The Balaban J connectivity index is 1.46. The van der Waals surface area contributed by atoms with Crippen LogP contribution in [0.4, 0.5) is 15.9 Å². The summed E-state index contributed by atoms with van der Waals surface area (Å²) in [5.74, 6) is 0.233. The number of anilines is 2. The lowest BCUT2D eigenvalue weighted by Crippen LogP contribution is -2.43. The Hall–Kier alpha value is -1.83. The molecule has 144 valence electrons. The number of hydrogen-bond acceptors (Lipinski definition) is 6. The van der Waals surface area contributed by atoms with Crippen molar-refractivity contribution < 1.29 is 9.18 Å². The fraction of sp³-hybridized carbons (Fsp3) is 0.368. The van der Waals surface area contributed by atoms with E-state index in [4.69, 9.17) is 11.6 Å². The molecule has 2 aromatic rings. The van der Waals surface area contributed by atoms with E-state index in [1.54, 1.807) is 11.9 Å². The van der Waals surface area contributed by atoms with Gasteiger partial charge in [-0.1, -0.05) is 11.6 Å². The first-order chi connectivity index (χ1) is 13.1. The number of carbonyl (C=O) groups is 1. The molecule has 0 atom stereocenters. The predicted molar refractivity (Wildman–Crippen MR) is 109 cm³/mol. The summed E-state index contributed by atoms with van der Waals surface area (Å²) in [5.41, 5.74) is 1.06. The molecule has 8 heteroatoms. The van der Waals surface area contributed by atoms with Crippen LogP contribution in [0.3, 0.4) is 0 Å². The molecule has 0 unspecified atom stereocenters. The smallest absolute Gasteiger partial charge is 0.134 e. The van der Waals surface area contributed by atoms with Gasteiger partial charge in [0.25, 0.3) is 0 Å². The SMILES string of the molecule is O=CCCCNc1ccc(SN2CCN(c3cc(F)cc(Cl)n3)CC2)cc1. The molecule has 1 saturated heterocycles. The standard InChI is InChI=1S/C19H22ClFN4OS/c20-18-13-15(21)14-19(23-18)24-8-10-25(11-9-24)27-17-5-3-16(4-6-17)22-7-1-2-12-26/h3-6,12-14,22H,1-2,7-11H2. The highest BCUT2D eigenvalue weighted by Crippen LogP contribution is 2.27. The quantitative estimate of drug-likeness (QED) is 0.307. The first kappa shape index (κ1) is 19.9. The van der Waals surface area contributed by atoms with E-state index in [1.165, 1.54) is 17.0 Å². The molecule has 1 N–H and O–H groups in total. The number of piperazine rings is 1. The van der Waals surface area contributed by atoms with E-state index in [-0.39, 0.29) is 11.0 Å². The first-order valence-electron chi connectivity index (χ1n) is 8.92. The third-order valence-electron chi connectivity index (χ3n) is 4.22. The van der Waals surface area contributed by atoms with Gasteiger partial charge in [0.1, 0.15) is 23.1 Å². The van der Waals surface area contributed by atoms with Gasteiger partial charge in [-0.15, -0.1) is 0 Å².